The molecule has 2 N–H and O–H groups in total. The van der Waals surface area contributed by atoms with E-state index >= 15 is 0 Å². The van der Waals surface area contributed by atoms with E-state index in [9.17, 15) is 0 Å². The lowest BCUT2D eigenvalue weighted by Crippen LogP contribution is -2.40. The SMILES string of the molecule is CC1CCC(N)(c2nc(-c3cccc(C#N)c3)cs2)CC1. The van der Waals surface area contributed by atoms with E-state index in [0.717, 1.165) is 35.0 Å². The molecule has 1 aliphatic rings. The minimum Gasteiger partial charge on any atom is -0.319 e. The Morgan fingerprint density at radius 1 is 1.38 bits per heavy atom. The monoisotopic (exact) mass is 297 g/mol. The van der Waals surface area contributed by atoms with Crippen molar-refractivity contribution in [1.82, 2.24) is 4.98 Å². The lowest BCUT2D eigenvalue weighted by atomic mass is 9.78. The van der Waals surface area contributed by atoms with Crippen LogP contribution in [0.25, 0.3) is 11.3 Å². The maximum Gasteiger partial charge on any atom is 0.113 e. The van der Waals surface area contributed by atoms with Gasteiger partial charge in [-0.15, -0.1) is 11.3 Å². The molecule has 4 heteroatoms. The van der Waals surface area contributed by atoms with Gasteiger partial charge in [0.05, 0.1) is 22.9 Å². The van der Waals surface area contributed by atoms with Gasteiger partial charge in [-0.05, 0) is 43.7 Å². The van der Waals surface area contributed by atoms with Crippen molar-refractivity contribution >= 4 is 11.3 Å². The molecular weight excluding hydrogens is 278 g/mol. The summed E-state index contributed by atoms with van der Waals surface area (Å²) in [7, 11) is 0. The van der Waals surface area contributed by atoms with Crippen molar-refractivity contribution in [2.75, 3.05) is 0 Å². The first-order valence-corrected chi connectivity index (χ1v) is 8.24. The third-order valence-electron chi connectivity index (χ3n) is 4.38. The van der Waals surface area contributed by atoms with E-state index < -0.39 is 0 Å². The summed E-state index contributed by atoms with van der Waals surface area (Å²) in [6.07, 6.45) is 4.38. The van der Waals surface area contributed by atoms with Crippen LogP contribution in [0.3, 0.4) is 0 Å². The molecule has 21 heavy (non-hydrogen) atoms. The molecular formula is C17H19N3S. The van der Waals surface area contributed by atoms with Crippen LogP contribution in [0.1, 0.15) is 43.2 Å². The zero-order valence-electron chi connectivity index (χ0n) is 12.2. The fraction of sp³-hybridized carbons (Fsp3) is 0.412. The summed E-state index contributed by atoms with van der Waals surface area (Å²) in [5.41, 5.74) is 8.90. The number of hydrogen-bond acceptors (Lipinski definition) is 4. The van der Waals surface area contributed by atoms with Gasteiger partial charge in [0, 0.05) is 10.9 Å². The highest BCUT2D eigenvalue weighted by atomic mass is 32.1. The number of rotatable bonds is 2. The van der Waals surface area contributed by atoms with E-state index in [-0.39, 0.29) is 5.54 Å². The molecule has 2 aromatic rings. The van der Waals surface area contributed by atoms with Crippen molar-refractivity contribution in [3.05, 3.63) is 40.2 Å². The quantitative estimate of drug-likeness (QED) is 0.909. The first-order chi connectivity index (χ1) is 10.1. The number of nitrogens with zero attached hydrogens (tertiary/aromatic N) is 2. The molecule has 1 aromatic heterocycles. The molecule has 3 rings (SSSR count). The Bertz CT molecular complexity index is 675. The van der Waals surface area contributed by atoms with E-state index in [1.807, 2.05) is 24.3 Å². The first-order valence-electron chi connectivity index (χ1n) is 7.36. The van der Waals surface area contributed by atoms with E-state index in [0.29, 0.717) is 5.56 Å². The van der Waals surface area contributed by atoms with Crippen molar-refractivity contribution in [3.8, 4) is 17.3 Å². The summed E-state index contributed by atoms with van der Waals surface area (Å²) in [4.78, 5) is 4.76. The predicted molar refractivity (Wildman–Crippen MR) is 85.8 cm³/mol. The van der Waals surface area contributed by atoms with Gasteiger partial charge in [-0.2, -0.15) is 5.26 Å². The van der Waals surface area contributed by atoms with Crippen molar-refractivity contribution in [2.24, 2.45) is 11.7 Å². The number of benzene rings is 1. The predicted octanol–water partition coefficient (Wildman–Crippen LogP) is 4.05. The van der Waals surface area contributed by atoms with Crippen molar-refractivity contribution in [2.45, 2.75) is 38.1 Å². The normalized spacial score (nSPS) is 25.5. The average Bonchev–Trinajstić information content (AvgIpc) is 3.01. The maximum absolute atomic E-state index is 9.00. The number of thiazole rings is 1. The first kappa shape index (κ1) is 14.2. The van der Waals surface area contributed by atoms with E-state index in [1.54, 1.807) is 11.3 Å². The third kappa shape index (κ3) is 2.85. The lowest BCUT2D eigenvalue weighted by molar-refractivity contribution is 0.247. The minimum absolute atomic E-state index is 0.262. The van der Waals surface area contributed by atoms with Crippen LogP contribution in [-0.4, -0.2) is 4.98 Å². The lowest BCUT2D eigenvalue weighted by Gasteiger charge is -2.34. The summed E-state index contributed by atoms with van der Waals surface area (Å²) >= 11 is 1.65. The van der Waals surface area contributed by atoms with Crippen molar-refractivity contribution in [1.29, 1.82) is 5.26 Å². The molecule has 1 heterocycles. The highest BCUT2D eigenvalue weighted by Gasteiger charge is 2.34. The summed E-state index contributed by atoms with van der Waals surface area (Å²) in [5, 5.41) is 12.1. The van der Waals surface area contributed by atoms with Gasteiger partial charge in [0.15, 0.2) is 0 Å². The van der Waals surface area contributed by atoms with Gasteiger partial charge >= 0.3 is 0 Å². The number of nitrogens with two attached hydrogens (primary N) is 1. The van der Waals surface area contributed by atoms with Gasteiger partial charge in [0.25, 0.3) is 0 Å². The second kappa shape index (κ2) is 5.59. The van der Waals surface area contributed by atoms with Crippen molar-refractivity contribution in [3.63, 3.8) is 0 Å². The third-order valence-corrected chi connectivity index (χ3v) is 5.45. The minimum atomic E-state index is -0.262. The number of hydrogen-bond donors (Lipinski definition) is 1. The molecule has 1 fully saturated rings. The molecule has 0 unspecified atom stereocenters. The topological polar surface area (TPSA) is 62.7 Å². The number of nitriles is 1. The summed E-state index contributed by atoms with van der Waals surface area (Å²) in [6.45, 7) is 2.29. The summed E-state index contributed by atoms with van der Waals surface area (Å²) in [5.74, 6) is 0.772. The van der Waals surface area contributed by atoms with Gasteiger partial charge in [0.1, 0.15) is 5.01 Å². The van der Waals surface area contributed by atoms with Gasteiger partial charge in [0.2, 0.25) is 0 Å². The molecule has 0 atom stereocenters. The molecule has 3 nitrogen and oxygen atoms in total. The molecule has 0 saturated heterocycles. The van der Waals surface area contributed by atoms with E-state index in [2.05, 4.69) is 18.4 Å². The average molecular weight is 297 g/mol. The van der Waals surface area contributed by atoms with Crippen LogP contribution >= 0.6 is 11.3 Å². The molecule has 0 amide bonds. The van der Waals surface area contributed by atoms with Gasteiger partial charge in [-0.3, -0.25) is 0 Å². The highest BCUT2D eigenvalue weighted by Crippen LogP contribution is 2.39. The molecule has 1 aromatic carbocycles. The van der Waals surface area contributed by atoms with Gasteiger partial charge in [-0.25, -0.2) is 4.98 Å². The molecule has 1 aliphatic carbocycles. The van der Waals surface area contributed by atoms with Gasteiger partial charge in [-0.1, -0.05) is 19.1 Å². The number of aromatic nitrogens is 1. The molecule has 1 saturated carbocycles. The van der Waals surface area contributed by atoms with Crippen LogP contribution in [0.4, 0.5) is 0 Å². The van der Waals surface area contributed by atoms with Crippen LogP contribution in [0.15, 0.2) is 29.6 Å². The molecule has 0 bridgehead atoms. The summed E-state index contributed by atoms with van der Waals surface area (Å²) in [6, 6.07) is 9.75. The molecule has 108 valence electrons. The zero-order valence-corrected chi connectivity index (χ0v) is 13.0. The largest absolute Gasteiger partial charge is 0.319 e. The van der Waals surface area contributed by atoms with Crippen LogP contribution in [0, 0.1) is 17.2 Å². The van der Waals surface area contributed by atoms with Crippen LogP contribution in [0.2, 0.25) is 0 Å². The summed E-state index contributed by atoms with van der Waals surface area (Å²) < 4.78 is 0. The Morgan fingerprint density at radius 2 is 2.14 bits per heavy atom. The highest BCUT2D eigenvalue weighted by molar-refractivity contribution is 7.10. The maximum atomic E-state index is 9.00. The van der Waals surface area contributed by atoms with Crippen LogP contribution in [-0.2, 0) is 5.54 Å². The van der Waals surface area contributed by atoms with E-state index in [1.165, 1.54) is 12.8 Å². The Balaban J connectivity index is 1.88. The fourth-order valence-corrected chi connectivity index (χ4v) is 3.88. The molecule has 0 spiro atoms. The van der Waals surface area contributed by atoms with Gasteiger partial charge < -0.3 is 5.73 Å². The van der Waals surface area contributed by atoms with Crippen molar-refractivity contribution < 1.29 is 0 Å². The Kier molecular flexibility index (Phi) is 3.79. The Morgan fingerprint density at radius 3 is 2.86 bits per heavy atom. The Labute approximate surface area is 129 Å². The molecule has 0 aliphatic heterocycles. The van der Waals surface area contributed by atoms with Crippen LogP contribution < -0.4 is 5.73 Å². The fourth-order valence-electron chi connectivity index (χ4n) is 2.87. The zero-order chi connectivity index (χ0) is 14.9. The van der Waals surface area contributed by atoms with Crippen LogP contribution in [0.5, 0.6) is 0 Å². The second-order valence-corrected chi connectivity index (χ2v) is 6.93. The smallest absolute Gasteiger partial charge is 0.113 e. The molecule has 0 radical (unpaired) electrons. The Hall–Kier alpha value is -1.70. The van der Waals surface area contributed by atoms with E-state index in [4.69, 9.17) is 16.0 Å². The second-order valence-electron chi connectivity index (χ2n) is 6.07. The standard InChI is InChI=1S/C17H19N3S/c1-12-5-7-17(19,8-6-12)16-20-15(11-21-16)14-4-2-3-13(9-14)10-18/h2-4,9,11-12H,5-8,19H2,1H3.